The molecule has 2 N–H and O–H groups in total. The molecule has 2 heteroatoms. The molecule has 0 bridgehead atoms. The Bertz CT molecular complexity index is 362. The topological polar surface area (TPSA) is 32.3 Å². The minimum Gasteiger partial charge on any atom is -0.396 e. The Morgan fingerprint density at radius 2 is 2.12 bits per heavy atom. The lowest BCUT2D eigenvalue weighted by atomic mass is 9.86. The number of piperidine rings is 1. The van der Waals surface area contributed by atoms with E-state index in [0.717, 1.165) is 13.0 Å². The van der Waals surface area contributed by atoms with Gasteiger partial charge in [-0.3, -0.25) is 0 Å². The van der Waals surface area contributed by atoms with Crippen LogP contribution in [0.1, 0.15) is 35.6 Å². The molecule has 0 aliphatic carbocycles. The molecule has 88 valence electrons. The number of aliphatic hydroxyl groups excluding tert-OH is 1. The lowest BCUT2D eigenvalue weighted by molar-refractivity contribution is 0.160. The summed E-state index contributed by atoms with van der Waals surface area (Å²) in [4.78, 5) is 0. The lowest BCUT2D eigenvalue weighted by Crippen LogP contribution is -2.35. The molecule has 0 saturated carbocycles. The van der Waals surface area contributed by atoms with Crippen LogP contribution in [0.2, 0.25) is 0 Å². The number of hydrogen-bond donors (Lipinski definition) is 2. The zero-order valence-corrected chi connectivity index (χ0v) is 10.2. The second-order valence-corrected chi connectivity index (χ2v) is 4.86. The maximum Gasteiger partial charge on any atom is 0.0477 e. The molecule has 1 saturated heterocycles. The number of hydrogen-bond acceptors (Lipinski definition) is 2. The van der Waals surface area contributed by atoms with Crippen molar-refractivity contribution in [1.82, 2.24) is 5.32 Å². The van der Waals surface area contributed by atoms with Gasteiger partial charge in [0.25, 0.3) is 0 Å². The summed E-state index contributed by atoms with van der Waals surface area (Å²) in [6, 6.07) is 6.95. The molecular formula is C14H21NO. The molecule has 1 heterocycles. The molecule has 1 aromatic rings. The largest absolute Gasteiger partial charge is 0.396 e. The Balaban J connectivity index is 2.23. The molecule has 2 rings (SSSR count). The highest BCUT2D eigenvalue weighted by Crippen LogP contribution is 2.29. The predicted molar refractivity (Wildman–Crippen MR) is 66.5 cm³/mol. The van der Waals surface area contributed by atoms with E-state index in [1.165, 1.54) is 23.1 Å². The van der Waals surface area contributed by atoms with Crippen LogP contribution in [-0.4, -0.2) is 18.3 Å². The van der Waals surface area contributed by atoms with E-state index in [-0.39, 0.29) is 6.61 Å². The van der Waals surface area contributed by atoms with Crippen molar-refractivity contribution < 1.29 is 5.11 Å². The molecule has 16 heavy (non-hydrogen) atoms. The second kappa shape index (κ2) is 4.98. The molecular weight excluding hydrogens is 198 g/mol. The molecule has 0 spiro atoms. The number of benzene rings is 1. The molecule has 0 aromatic heterocycles. The number of rotatable bonds is 2. The van der Waals surface area contributed by atoms with E-state index in [4.69, 9.17) is 0 Å². The summed E-state index contributed by atoms with van der Waals surface area (Å²) in [6.45, 7) is 5.63. The fraction of sp³-hybridized carbons (Fsp3) is 0.571. The maximum atomic E-state index is 9.41. The second-order valence-electron chi connectivity index (χ2n) is 4.86. The highest BCUT2D eigenvalue weighted by molar-refractivity contribution is 5.32. The fourth-order valence-electron chi connectivity index (χ4n) is 2.50. The monoisotopic (exact) mass is 219 g/mol. The van der Waals surface area contributed by atoms with Crippen LogP contribution in [-0.2, 0) is 0 Å². The number of aliphatic hydroxyl groups is 1. The summed E-state index contributed by atoms with van der Waals surface area (Å²) in [5.74, 6) is 0.371. The third kappa shape index (κ3) is 2.28. The van der Waals surface area contributed by atoms with Crippen LogP contribution < -0.4 is 5.32 Å². The van der Waals surface area contributed by atoms with Gasteiger partial charge in [0.2, 0.25) is 0 Å². The summed E-state index contributed by atoms with van der Waals surface area (Å²) < 4.78 is 0. The van der Waals surface area contributed by atoms with Crippen molar-refractivity contribution in [2.75, 3.05) is 13.2 Å². The number of nitrogens with one attached hydrogen (secondary N) is 1. The van der Waals surface area contributed by atoms with Crippen molar-refractivity contribution in [2.24, 2.45) is 5.92 Å². The minimum absolute atomic E-state index is 0.282. The molecule has 2 nitrogen and oxygen atoms in total. The van der Waals surface area contributed by atoms with Crippen LogP contribution >= 0.6 is 0 Å². The smallest absolute Gasteiger partial charge is 0.0477 e. The molecule has 2 unspecified atom stereocenters. The average molecular weight is 219 g/mol. The van der Waals surface area contributed by atoms with Crippen LogP contribution in [0.3, 0.4) is 0 Å². The zero-order valence-electron chi connectivity index (χ0n) is 10.2. The molecule has 1 aromatic carbocycles. The highest BCUT2D eigenvalue weighted by atomic mass is 16.3. The first-order chi connectivity index (χ1) is 7.72. The van der Waals surface area contributed by atoms with Gasteiger partial charge in [0, 0.05) is 18.6 Å². The molecule has 2 atom stereocenters. The number of aryl methyl sites for hydroxylation is 2. The van der Waals surface area contributed by atoms with Crippen molar-refractivity contribution in [2.45, 2.75) is 32.7 Å². The lowest BCUT2D eigenvalue weighted by Gasteiger charge is -2.32. The first kappa shape index (κ1) is 11.6. The average Bonchev–Trinajstić information content (AvgIpc) is 2.32. The van der Waals surface area contributed by atoms with Crippen molar-refractivity contribution in [1.29, 1.82) is 0 Å². The third-order valence-electron chi connectivity index (χ3n) is 3.71. The van der Waals surface area contributed by atoms with Crippen molar-refractivity contribution in [3.05, 3.63) is 34.9 Å². The molecule has 1 fully saturated rings. The first-order valence-electron chi connectivity index (χ1n) is 6.13. The van der Waals surface area contributed by atoms with E-state index >= 15 is 0 Å². The van der Waals surface area contributed by atoms with E-state index in [1.807, 2.05) is 0 Å². The summed E-state index contributed by atoms with van der Waals surface area (Å²) >= 11 is 0. The highest BCUT2D eigenvalue weighted by Gasteiger charge is 2.25. The van der Waals surface area contributed by atoms with Crippen LogP contribution in [0.5, 0.6) is 0 Å². The van der Waals surface area contributed by atoms with E-state index < -0.39 is 0 Å². The van der Waals surface area contributed by atoms with Gasteiger partial charge in [-0.05, 0) is 49.9 Å². The van der Waals surface area contributed by atoms with Crippen LogP contribution in [0.4, 0.5) is 0 Å². The Morgan fingerprint density at radius 3 is 2.81 bits per heavy atom. The van der Waals surface area contributed by atoms with Crippen LogP contribution in [0, 0.1) is 19.8 Å². The Hall–Kier alpha value is -0.860. The van der Waals surface area contributed by atoms with Gasteiger partial charge in [0.05, 0.1) is 0 Å². The van der Waals surface area contributed by atoms with Crippen LogP contribution in [0.15, 0.2) is 18.2 Å². The molecule has 0 radical (unpaired) electrons. The van der Waals surface area contributed by atoms with Gasteiger partial charge in [-0.2, -0.15) is 0 Å². The van der Waals surface area contributed by atoms with E-state index in [0.29, 0.717) is 12.0 Å². The minimum atomic E-state index is 0.282. The van der Waals surface area contributed by atoms with Gasteiger partial charge in [-0.1, -0.05) is 18.2 Å². The Kier molecular flexibility index (Phi) is 3.62. The summed E-state index contributed by atoms with van der Waals surface area (Å²) in [6.07, 6.45) is 2.30. The van der Waals surface area contributed by atoms with E-state index in [2.05, 4.69) is 37.4 Å². The van der Waals surface area contributed by atoms with E-state index in [9.17, 15) is 5.11 Å². The van der Waals surface area contributed by atoms with Gasteiger partial charge in [-0.15, -0.1) is 0 Å². The Morgan fingerprint density at radius 1 is 1.31 bits per heavy atom. The van der Waals surface area contributed by atoms with Gasteiger partial charge in [0.15, 0.2) is 0 Å². The fourth-order valence-corrected chi connectivity index (χ4v) is 2.50. The van der Waals surface area contributed by atoms with Gasteiger partial charge in [-0.25, -0.2) is 0 Å². The maximum absolute atomic E-state index is 9.41. The quantitative estimate of drug-likeness (QED) is 0.800. The standard InChI is InChI=1S/C14H21NO/c1-10-5-6-12(8-11(10)2)14-13(9-16)4-3-7-15-14/h5-6,8,13-16H,3-4,7,9H2,1-2H3. The van der Waals surface area contributed by atoms with Gasteiger partial charge in [0.1, 0.15) is 0 Å². The normalized spacial score (nSPS) is 25.7. The summed E-state index contributed by atoms with van der Waals surface area (Å²) in [5, 5.41) is 12.9. The SMILES string of the molecule is Cc1ccc(C2NCCCC2CO)cc1C. The van der Waals surface area contributed by atoms with Gasteiger partial charge >= 0.3 is 0 Å². The van der Waals surface area contributed by atoms with E-state index in [1.54, 1.807) is 0 Å². The molecule has 1 aliphatic heterocycles. The van der Waals surface area contributed by atoms with Crippen molar-refractivity contribution >= 4 is 0 Å². The van der Waals surface area contributed by atoms with Crippen LogP contribution in [0.25, 0.3) is 0 Å². The predicted octanol–water partition coefficient (Wildman–Crippen LogP) is 2.34. The Labute approximate surface area is 97.7 Å². The van der Waals surface area contributed by atoms with Gasteiger partial charge < -0.3 is 10.4 Å². The molecule has 0 amide bonds. The summed E-state index contributed by atoms with van der Waals surface area (Å²) in [7, 11) is 0. The summed E-state index contributed by atoms with van der Waals surface area (Å²) in [5.41, 5.74) is 3.99. The van der Waals surface area contributed by atoms with Crippen molar-refractivity contribution in [3.8, 4) is 0 Å². The first-order valence-corrected chi connectivity index (χ1v) is 6.13. The third-order valence-corrected chi connectivity index (χ3v) is 3.71. The zero-order chi connectivity index (χ0) is 11.5. The van der Waals surface area contributed by atoms with Crippen molar-refractivity contribution in [3.63, 3.8) is 0 Å². The molecule has 1 aliphatic rings.